The Labute approximate surface area is 180 Å². The summed E-state index contributed by atoms with van der Waals surface area (Å²) >= 11 is 0. The summed E-state index contributed by atoms with van der Waals surface area (Å²) < 4.78 is 24.8. The second kappa shape index (κ2) is 10.7. The third-order valence-corrected chi connectivity index (χ3v) is 6.02. The highest BCUT2D eigenvalue weighted by Gasteiger charge is 2.31. The number of piperazine rings is 1. The molecule has 1 aliphatic heterocycles. The van der Waals surface area contributed by atoms with Gasteiger partial charge in [0.1, 0.15) is 0 Å². The third kappa shape index (κ3) is 6.90. The fraction of sp³-hybridized carbons (Fsp3) is 0.286. The van der Waals surface area contributed by atoms with Crippen molar-refractivity contribution < 1.29 is 33.0 Å². The molecule has 0 aromatic heterocycles. The van der Waals surface area contributed by atoms with Gasteiger partial charge in [0, 0.05) is 26.2 Å². The summed E-state index contributed by atoms with van der Waals surface area (Å²) in [5.41, 5.74) is 1.90. The van der Waals surface area contributed by atoms with Gasteiger partial charge in [-0.15, -0.1) is 0 Å². The van der Waals surface area contributed by atoms with Crippen molar-refractivity contribution in [3.63, 3.8) is 0 Å². The summed E-state index contributed by atoms with van der Waals surface area (Å²) in [6.07, 6.45) is 1.21. The lowest BCUT2D eigenvalue weighted by molar-refractivity contribution is -0.159. The van der Waals surface area contributed by atoms with Crippen LogP contribution in [0.25, 0.3) is 0 Å². The third-order valence-electron chi connectivity index (χ3n) is 4.72. The van der Waals surface area contributed by atoms with Gasteiger partial charge in [0.25, 0.3) is 0 Å². The van der Waals surface area contributed by atoms with Gasteiger partial charge in [-0.25, -0.2) is 18.0 Å². The minimum atomic E-state index is -3.20. The molecule has 1 amide bonds. The molecule has 3 rings (SSSR count). The monoisotopic (exact) mass is 448 g/mol. The molecule has 0 unspecified atom stereocenters. The van der Waals surface area contributed by atoms with E-state index in [2.05, 4.69) is 0 Å². The highest BCUT2D eigenvalue weighted by atomic mass is 32.2. The van der Waals surface area contributed by atoms with Crippen LogP contribution >= 0.6 is 0 Å². The molecule has 0 atom stereocenters. The first kappa shape index (κ1) is 24.0. The highest BCUT2D eigenvalue weighted by molar-refractivity contribution is 7.88. The molecule has 166 valence electrons. The number of aliphatic carboxylic acids is 2. The molecule has 0 radical (unpaired) electrons. The van der Waals surface area contributed by atoms with Gasteiger partial charge < -0.3 is 15.1 Å². The summed E-state index contributed by atoms with van der Waals surface area (Å²) in [4.78, 5) is 33.2. The fourth-order valence-electron chi connectivity index (χ4n) is 3.19. The van der Waals surface area contributed by atoms with E-state index in [0.29, 0.717) is 26.2 Å². The van der Waals surface area contributed by atoms with Crippen LogP contribution in [0.5, 0.6) is 0 Å². The van der Waals surface area contributed by atoms with Crippen LogP contribution in [0.1, 0.15) is 17.0 Å². The van der Waals surface area contributed by atoms with E-state index in [9.17, 15) is 13.2 Å². The number of hydrogen-bond donors (Lipinski definition) is 2. The minimum absolute atomic E-state index is 0.0190. The Kier molecular flexibility index (Phi) is 8.29. The van der Waals surface area contributed by atoms with Crippen molar-refractivity contribution in [3.05, 3.63) is 71.8 Å². The van der Waals surface area contributed by atoms with Crippen LogP contribution in [-0.4, -0.2) is 78.1 Å². The van der Waals surface area contributed by atoms with Crippen LogP contribution in [0.4, 0.5) is 0 Å². The lowest BCUT2D eigenvalue weighted by Gasteiger charge is -2.35. The molecule has 9 nitrogen and oxygen atoms in total. The van der Waals surface area contributed by atoms with Gasteiger partial charge in [-0.05, 0) is 11.1 Å². The number of carbonyl (C=O) groups is 3. The van der Waals surface area contributed by atoms with E-state index < -0.39 is 22.0 Å². The van der Waals surface area contributed by atoms with Crippen molar-refractivity contribution in [3.8, 4) is 0 Å². The van der Waals surface area contributed by atoms with E-state index in [4.69, 9.17) is 19.8 Å². The molecule has 0 spiro atoms. The zero-order chi connectivity index (χ0) is 23.0. The Hall–Kier alpha value is -3.24. The zero-order valence-corrected chi connectivity index (χ0v) is 17.7. The predicted molar refractivity (Wildman–Crippen MR) is 113 cm³/mol. The van der Waals surface area contributed by atoms with Crippen molar-refractivity contribution in [2.24, 2.45) is 0 Å². The summed E-state index contributed by atoms with van der Waals surface area (Å²) in [6.45, 7) is 1.53. The number of carboxylic acids is 2. The largest absolute Gasteiger partial charge is 0.473 e. The number of hydrogen-bond acceptors (Lipinski definition) is 5. The Morgan fingerprint density at radius 1 is 0.774 bits per heavy atom. The van der Waals surface area contributed by atoms with Crippen molar-refractivity contribution in [1.29, 1.82) is 0 Å². The number of carbonyl (C=O) groups excluding carboxylic acids is 1. The molecule has 2 N–H and O–H groups in total. The number of sulfonamides is 1. The van der Waals surface area contributed by atoms with Crippen molar-refractivity contribution in [2.75, 3.05) is 32.4 Å². The molecular weight excluding hydrogens is 424 g/mol. The molecule has 0 aliphatic carbocycles. The Morgan fingerprint density at radius 2 is 1.16 bits per heavy atom. The Bertz CT molecular complexity index is 951. The Balaban J connectivity index is 0.000000501. The van der Waals surface area contributed by atoms with E-state index in [1.807, 2.05) is 60.7 Å². The normalized spacial score (nSPS) is 14.5. The first-order chi connectivity index (χ1) is 14.6. The van der Waals surface area contributed by atoms with Gasteiger partial charge >= 0.3 is 11.9 Å². The van der Waals surface area contributed by atoms with Crippen LogP contribution in [-0.2, 0) is 24.4 Å². The number of rotatable bonds is 4. The molecule has 31 heavy (non-hydrogen) atoms. The molecule has 10 heteroatoms. The van der Waals surface area contributed by atoms with E-state index in [1.54, 1.807) is 4.90 Å². The number of nitrogens with zero attached hydrogens (tertiary/aromatic N) is 2. The van der Waals surface area contributed by atoms with E-state index in [0.717, 1.165) is 11.1 Å². The molecule has 2 aromatic rings. The maximum absolute atomic E-state index is 13.2. The van der Waals surface area contributed by atoms with Crippen LogP contribution in [0, 0.1) is 0 Å². The molecule has 1 aliphatic rings. The minimum Gasteiger partial charge on any atom is -0.473 e. The van der Waals surface area contributed by atoms with Crippen molar-refractivity contribution in [2.45, 2.75) is 5.92 Å². The average molecular weight is 448 g/mol. The summed E-state index contributed by atoms with van der Waals surface area (Å²) in [6, 6.07) is 19.4. The number of benzene rings is 2. The van der Waals surface area contributed by atoms with Gasteiger partial charge in [0.05, 0.1) is 12.2 Å². The SMILES string of the molecule is CS(=O)(=O)N1CCN(C(=O)C(c2ccccc2)c2ccccc2)CC1.O=C(O)C(=O)O. The summed E-state index contributed by atoms with van der Waals surface area (Å²) in [7, 11) is -3.20. The fourth-order valence-corrected chi connectivity index (χ4v) is 4.02. The number of carboxylic acid groups (broad SMARTS) is 2. The first-order valence-corrected chi connectivity index (χ1v) is 11.3. The standard InChI is InChI=1S/C19H22N2O3S.C2H2O4/c1-25(23,24)21-14-12-20(13-15-21)19(22)18(16-8-4-2-5-9-16)17-10-6-3-7-11-17;3-1(4)2(5)6/h2-11,18H,12-15H2,1H3;(H,3,4)(H,5,6). The van der Waals surface area contributed by atoms with Gasteiger partial charge in [-0.3, -0.25) is 4.79 Å². The molecule has 2 aromatic carbocycles. The average Bonchev–Trinajstić information content (AvgIpc) is 2.75. The zero-order valence-electron chi connectivity index (χ0n) is 16.9. The first-order valence-electron chi connectivity index (χ1n) is 9.41. The Morgan fingerprint density at radius 3 is 1.48 bits per heavy atom. The number of amides is 1. The lowest BCUT2D eigenvalue weighted by atomic mass is 9.90. The smallest absolute Gasteiger partial charge is 0.414 e. The van der Waals surface area contributed by atoms with Crippen LogP contribution < -0.4 is 0 Å². The summed E-state index contributed by atoms with van der Waals surface area (Å²) in [5.74, 6) is -4.00. The van der Waals surface area contributed by atoms with E-state index in [1.165, 1.54) is 10.6 Å². The lowest BCUT2D eigenvalue weighted by Crippen LogP contribution is -2.51. The van der Waals surface area contributed by atoms with Gasteiger partial charge in [0.15, 0.2) is 0 Å². The predicted octanol–water partition coefficient (Wildman–Crippen LogP) is 1.08. The molecule has 1 heterocycles. The van der Waals surface area contributed by atoms with Crippen molar-refractivity contribution >= 4 is 27.9 Å². The summed E-state index contributed by atoms with van der Waals surface area (Å²) in [5, 5.41) is 14.8. The van der Waals surface area contributed by atoms with Crippen molar-refractivity contribution in [1.82, 2.24) is 9.21 Å². The maximum atomic E-state index is 13.2. The molecule has 0 bridgehead atoms. The van der Waals surface area contributed by atoms with E-state index in [-0.39, 0.29) is 11.8 Å². The topological polar surface area (TPSA) is 132 Å². The van der Waals surface area contributed by atoms with Crippen LogP contribution in [0.3, 0.4) is 0 Å². The van der Waals surface area contributed by atoms with Crippen LogP contribution in [0.2, 0.25) is 0 Å². The molecular formula is C21H24N2O7S. The van der Waals surface area contributed by atoms with Gasteiger partial charge in [-0.1, -0.05) is 60.7 Å². The van der Waals surface area contributed by atoms with E-state index >= 15 is 0 Å². The molecule has 0 saturated carbocycles. The second-order valence-corrected chi connectivity index (χ2v) is 8.83. The second-order valence-electron chi connectivity index (χ2n) is 6.85. The van der Waals surface area contributed by atoms with Gasteiger partial charge in [-0.2, -0.15) is 4.31 Å². The maximum Gasteiger partial charge on any atom is 0.414 e. The van der Waals surface area contributed by atoms with Gasteiger partial charge in [0.2, 0.25) is 15.9 Å². The quantitative estimate of drug-likeness (QED) is 0.669. The molecule has 1 saturated heterocycles. The molecule has 1 fully saturated rings. The van der Waals surface area contributed by atoms with Crippen LogP contribution in [0.15, 0.2) is 60.7 Å². The highest BCUT2D eigenvalue weighted by Crippen LogP contribution is 2.27.